The van der Waals surface area contributed by atoms with Crippen LogP contribution in [-0.2, 0) is 20.7 Å². The summed E-state index contributed by atoms with van der Waals surface area (Å²) in [6, 6.07) is 3.67. The Kier molecular flexibility index (Phi) is 5.56. The highest BCUT2D eigenvalue weighted by molar-refractivity contribution is 5.87. The molecule has 0 radical (unpaired) electrons. The van der Waals surface area contributed by atoms with Crippen molar-refractivity contribution < 1.29 is 18.7 Å². The summed E-state index contributed by atoms with van der Waals surface area (Å²) in [5, 5.41) is 3.58. The molecule has 4 N–H and O–H groups in total. The minimum atomic E-state index is -0.797. The Morgan fingerprint density at radius 1 is 1.42 bits per heavy atom. The third kappa shape index (κ3) is 4.04. The Morgan fingerprint density at radius 2 is 2.23 bits per heavy atom. The molecule has 1 heterocycles. The van der Waals surface area contributed by atoms with Crippen LogP contribution in [0.25, 0.3) is 10.9 Å². The van der Waals surface area contributed by atoms with Gasteiger partial charge in [-0.05, 0) is 42.5 Å². The molecule has 1 aliphatic carbocycles. The maximum absolute atomic E-state index is 13.3. The minimum Gasteiger partial charge on any atom is -0.467 e. The number of halogens is 1. The Morgan fingerprint density at radius 3 is 2.92 bits per heavy atom. The van der Waals surface area contributed by atoms with Gasteiger partial charge in [-0.15, -0.1) is 0 Å². The Hall–Kier alpha value is -2.41. The second kappa shape index (κ2) is 7.86. The van der Waals surface area contributed by atoms with Crippen molar-refractivity contribution in [2.24, 2.45) is 11.7 Å². The molecule has 1 aromatic carbocycles. The maximum atomic E-state index is 13.3. The summed E-state index contributed by atoms with van der Waals surface area (Å²) in [7, 11) is 1.29. The number of amides is 1. The number of H-pyrrole nitrogens is 1. The number of benzene rings is 1. The molecule has 3 rings (SSSR count). The smallest absolute Gasteiger partial charge is 0.328 e. The molecule has 1 unspecified atom stereocenters. The van der Waals surface area contributed by atoms with Crippen molar-refractivity contribution in [1.29, 1.82) is 0 Å². The number of esters is 1. The highest BCUT2D eigenvalue weighted by Crippen LogP contribution is 2.27. The van der Waals surface area contributed by atoms with E-state index in [1.54, 1.807) is 12.3 Å². The topological polar surface area (TPSA) is 97.2 Å². The number of aromatic amines is 1. The number of carbonyl (C=O) groups excluding carboxylic acids is 2. The monoisotopic (exact) mass is 361 g/mol. The molecule has 26 heavy (non-hydrogen) atoms. The van der Waals surface area contributed by atoms with Gasteiger partial charge in [0.15, 0.2) is 0 Å². The second-order valence-electron chi connectivity index (χ2n) is 6.91. The van der Waals surface area contributed by atoms with Crippen LogP contribution < -0.4 is 11.1 Å². The number of nitrogens with two attached hydrogens (primary N) is 1. The van der Waals surface area contributed by atoms with E-state index >= 15 is 0 Å². The molecule has 7 heteroatoms. The lowest BCUT2D eigenvalue weighted by molar-refractivity contribution is -0.145. The van der Waals surface area contributed by atoms with Crippen molar-refractivity contribution in [3.8, 4) is 0 Å². The maximum Gasteiger partial charge on any atom is 0.328 e. The summed E-state index contributed by atoms with van der Waals surface area (Å²) in [5.41, 5.74) is 7.48. The predicted octanol–water partition coefficient (Wildman–Crippen LogP) is 2.02. The lowest BCUT2D eigenvalue weighted by atomic mass is 9.99. The van der Waals surface area contributed by atoms with Gasteiger partial charge in [0.25, 0.3) is 0 Å². The first-order chi connectivity index (χ1) is 12.5. The molecule has 1 amide bonds. The van der Waals surface area contributed by atoms with Gasteiger partial charge in [-0.25, -0.2) is 9.18 Å². The third-order valence-electron chi connectivity index (χ3n) is 5.14. The molecule has 1 aromatic heterocycles. The van der Waals surface area contributed by atoms with Crippen LogP contribution in [0.1, 0.15) is 31.2 Å². The number of hydrogen-bond acceptors (Lipinski definition) is 4. The first kappa shape index (κ1) is 18.4. The average molecular weight is 361 g/mol. The van der Waals surface area contributed by atoms with Gasteiger partial charge in [0.2, 0.25) is 5.91 Å². The van der Waals surface area contributed by atoms with Gasteiger partial charge in [-0.2, -0.15) is 0 Å². The van der Waals surface area contributed by atoms with Crippen molar-refractivity contribution in [3.05, 3.63) is 35.8 Å². The molecule has 2 aromatic rings. The van der Waals surface area contributed by atoms with Crippen LogP contribution in [0, 0.1) is 11.7 Å². The number of fused-ring (bicyclic) bond motifs is 1. The molecule has 0 bridgehead atoms. The fraction of sp³-hybridized carbons (Fsp3) is 0.474. The molecule has 0 aliphatic heterocycles. The lowest BCUT2D eigenvalue weighted by Gasteiger charge is -2.19. The Balaban J connectivity index is 1.71. The van der Waals surface area contributed by atoms with E-state index in [1.165, 1.54) is 19.2 Å². The van der Waals surface area contributed by atoms with Gasteiger partial charge in [0.05, 0.1) is 7.11 Å². The molecular weight excluding hydrogens is 337 g/mol. The molecule has 3 atom stereocenters. The molecule has 0 spiro atoms. The summed E-state index contributed by atoms with van der Waals surface area (Å²) in [5.74, 6) is -0.889. The Labute approximate surface area is 151 Å². The van der Waals surface area contributed by atoms with Crippen LogP contribution in [0.2, 0.25) is 0 Å². The van der Waals surface area contributed by atoms with E-state index in [-0.39, 0.29) is 30.1 Å². The van der Waals surface area contributed by atoms with Crippen molar-refractivity contribution in [2.45, 2.75) is 44.2 Å². The highest BCUT2D eigenvalue weighted by Gasteiger charge is 2.29. The lowest BCUT2D eigenvalue weighted by Crippen LogP contribution is -2.44. The van der Waals surface area contributed by atoms with Crippen LogP contribution in [0.15, 0.2) is 24.4 Å². The first-order valence-electron chi connectivity index (χ1n) is 8.86. The standard InChI is InChI=1S/C19H24FN3O3/c1-26-19(25)17(23-18(24)8-11-3-2-4-15(11)21)7-12-10-22-16-9-13(20)5-6-14(12)16/h5-6,9-11,15,17,22H,2-4,7-8,21H2,1H3,(H,23,24)/t11-,15+,17?/m0/s1. The molecule has 140 valence electrons. The predicted molar refractivity (Wildman–Crippen MR) is 95.8 cm³/mol. The number of methoxy groups -OCH3 is 1. The van der Waals surface area contributed by atoms with Crippen LogP contribution in [0.3, 0.4) is 0 Å². The molecule has 0 saturated heterocycles. The van der Waals surface area contributed by atoms with Crippen LogP contribution in [0.5, 0.6) is 0 Å². The summed E-state index contributed by atoms with van der Waals surface area (Å²) >= 11 is 0. The molecule has 1 saturated carbocycles. The van der Waals surface area contributed by atoms with Crippen molar-refractivity contribution >= 4 is 22.8 Å². The van der Waals surface area contributed by atoms with Crippen LogP contribution >= 0.6 is 0 Å². The quantitative estimate of drug-likeness (QED) is 0.686. The van der Waals surface area contributed by atoms with Gasteiger partial charge in [0.1, 0.15) is 11.9 Å². The normalized spacial score (nSPS) is 20.9. The zero-order valence-electron chi connectivity index (χ0n) is 14.8. The number of nitrogens with one attached hydrogen (secondary N) is 2. The number of ether oxygens (including phenoxy) is 1. The summed E-state index contributed by atoms with van der Waals surface area (Å²) in [4.78, 5) is 27.5. The zero-order chi connectivity index (χ0) is 18.7. The van der Waals surface area contributed by atoms with Gasteiger partial charge >= 0.3 is 5.97 Å². The highest BCUT2D eigenvalue weighted by atomic mass is 19.1. The number of hydrogen-bond donors (Lipinski definition) is 3. The number of rotatable bonds is 6. The third-order valence-corrected chi connectivity index (χ3v) is 5.14. The molecule has 1 fully saturated rings. The van der Waals surface area contributed by atoms with Gasteiger partial charge in [0, 0.05) is 36.0 Å². The minimum absolute atomic E-state index is 0.0424. The number of aromatic nitrogens is 1. The fourth-order valence-electron chi connectivity index (χ4n) is 3.69. The molecule has 6 nitrogen and oxygen atoms in total. The summed E-state index contributed by atoms with van der Waals surface area (Å²) in [6.07, 6.45) is 5.20. The van der Waals surface area contributed by atoms with E-state index in [0.29, 0.717) is 11.9 Å². The van der Waals surface area contributed by atoms with E-state index in [0.717, 1.165) is 30.2 Å². The van der Waals surface area contributed by atoms with Gasteiger partial charge in [-0.1, -0.05) is 6.42 Å². The number of carbonyl (C=O) groups is 2. The molecular formula is C19H24FN3O3. The first-order valence-corrected chi connectivity index (χ1v) is 8.86. The van der Waals surface area contributed by atoms with E-state index in [2.05, 4.69) is 10.3 Å². The average Bonchev–Trinajstić information content (AvgIpc) is 3.19. The fourth-order valence-corrected chi connectivity index (χ4v) is 3.69. The Bertz CT molecular complexity index is 804. The van der Waals surface area contributed by atoms with Crippen LogP contribution in [-0.4, -0.2) is 36.1 Å². The van der Waals surface area contributed by atoms with Gasteiger partial charge < -0.3 is 20.8 Å². The van der Waals surface area contributed by atoms with Gasteiger partial charge in [-0.3, -0.25) is 4.79 Å². The van der Waals surface area contributed by atoms with E-state index < -0.39 is 12.0 Å². The largest absolute Gasteiger partial charge is 0.467 e. The van der Waals surface area contributed by atoms with E-state index in [1.807, 2.05) is 0 Å². The van der Waals surface area contributed by atoms with Crippen LogP contribution in [0.4, 0.5) is 4.39 Å². The van der Waals surface area contributed by atoms with E-state index in [9.17, 15) is 14.0 Å². The zero-order valence-corrected chi connectivity index (χ0v) is 14.8. The summed E-state index contributed by atoms with van der Waals surface area (Å²) < 4.78 is 18.2. The summed E-state index contributed by atoms with van der Waals surface area (Å²) in [6.45, 7) is 0. The molecule has 1 aliphatic rings. The second-order valence-corrected chi connectivity index (χ2v) is 6.91. The van der Waals surface area contributed by atoms with E-state index in [4.69, 9.17) is 10.5 Å². The van der Waals surface area contributed by atoms with Crippen molar-refractivity contribution in [1.82, 2.24) is 10.3 Å². The van der Waals surface area contributed by atoms with Crippen molar-refractivity contribution in [2.75, 3.05) is 7.11 Å². The van der Waals surface area contributed by atoms with Crippen molar-refractivity contribution in [3.63, 3.8) is 0 Å². The SMILES string of the molecule is COC(=O)C(Cc1c[nH]c2cc(F)ccc12)NC(=O)C[C@@H]1CCC[C@H]1N.